The van der Waals surface area contributed by atoms with Crippen LogP contribution in [-0.2, 0) is 10.0 Å². The highest BCUT2D eigenvalue weighted by atomic mass is 32.2. The molecule has 5 nitrogen and oxygen atoms in total. The van der Waals surface area contributed by atoms with Crippen LogP contribution >= 0.6 is 0 Å². The van der Waals surface area contributed by atoms with Crippen LogP contribution in [0.4, 0.5) is 5.69 Å². The van der Waals surface area contributed by atoms with Crippen LogP contribution in [0.1, 0.15) is 46.9 Å². The first-order chi connectivity index (χ1) is 14.7. The summed E-state index contributed by atoms with van der Waals surface area (Å²) in [4.78, 5) is 13.0. The van der Waals surface area contributed by atoms with E-state index in [0.29, 0.717) is 11.3 Å². The fourth-order valence-corrected chi connectivity index (χ4v) is 5.15. The minimum atomic E-state index is -3.67. The predicted molar refractivity (Wildman–Crippen MR) is 125 cm³/mol. The summed E-state index contributed by atoms with van der Waals surface area (Å²) in [5.41, 5.74) is 4.38. The Morgan fingerprint density at radius 1 is 0.968 bits per heavy atom. The summed E-state index contributed by atoms with van der Waals surface area (Å²) >= 11 is 0. The number of nitrogens with zero attached hydrogens (tertiary/aromatic N) is 1. The Hall–Kier alpha value is -3.12. The van der Waals surface area contributed by atoms with Gasteiger partial charge in [0.05, 0.1) is 16.6 Å². The molecule has 6 heteroatoms. The molecule has 0 saturated carbocycles. The minimum absolute atomic E-state index is 0.140. The number of hydrogen-bond acceptors (Lipinski definition) is 3. The number of carbonyl (C=O) groups excluding carboxylic acids is 1. The van der Waals surface area contributed by atoms with Crippen LogP contribution in [0.5, 0.6) is 0 Å². The Kier molecular flexibility index (Phi) is 6.81. The zero-order valence-electron chi connectivity index (χ0n) is 18.3. The molecule has 0 aliphatic rings. The van der Waals surface area contributed by atoms with Crippen molar-refractivity contribution < 1.29 is 13.2 Å². The highest BCUT2D eigenvalue weighted by Crippen LogP contribution is 2.24. The van der Waals surface area contributed by atoms with Gasteiger partial charge in [-0.1, -0.05) is 42.0 Å². The summed E-state index contributed by atoms with van der Waals surface area (Å²) in [6.07, 6.45) is 0. The predicted octanol–water partition coefficient (Wildman–Crippen LogP) is 5.01. The van der Waals surface area contributed by atoms with Crippen LogP contribution < -0.4 is 9.62 Å². The topological polar surface area (TPSA) is 66.5 Å². The van der Waals surface area contributed by atoms with Gasteiger partial charge in [0, 0.05) is 12.1 Å². The first kappa shape index (κ1) is 22.6. The molecule has 0 radical (unpaired) electrons. The molecule has 0 bridgehead atoms. The van der Waals surface area contributed by atoms with E-state index in [9.17, 15) is 13.2 Å². The SMILES string of the molecule is CCN(c1ccc(C(=O)NC(C)c2ccc(C)cc2C)cc1)S(=O)(=O)c1ccccc1. The number of anilines is 1. The molecule has 162 valence electrons. The monoisotopic (exact) mass is 436 g/mol. The lowest BCUT2D eigenvalue weighted by atomic mass is 10.00. The minimum Gasteiger partial charge on any atom is -0.346 e. The summed E-state index contributed by atoms with van der Waals surface area (Å²) < 4.78 is 27.3. The maximum absolute atomic E-state index is 13.0. The maximum Gasteiger partial charge on any atom is 0.264 e. The molecular weight excluding hydrogens is 408 g/mol. The summed E-state index contributed by atoms with van der Waals surface area (Å²) in [5, 5.41) is 3.02. The van der Waals surface area contributed by atoms with Crippen LogP contribution in [0.2, 0.25) is 0 Å². The number of amides is 1. The molecular formula is C25H28N2O3S. The van der Waals surface area contributed by atoms with Crippen molar-refractivity contribution in [1.29, 1.82) is 0 Å². The van der Waals surface area contributed by atoms with Gasteiger partial charge in [-0.15, -0.1) is 0 Å². The van der Waals surface area contributed by atoms with E-state index >= 15 is 0 Å². The van der Waals surface area contributed by atoms with E-state index in [1.807, 2.05) is 32.9 Å². The van der Waals surface area contributed by atoms with E-state index in [-0.39, 0.29) is 23.4 Å². The van der Waals surface area contributed by atoms with E-state index in [2.05, 4.69) is 11.4 Å². The molecule has 31 heavy (non-hydrogen) atoms. The molecule has 3 aromatic carbocycles. The van der Waals surface area contributed by atoms with E-state index < -0.39 is 10.0 Å². The van der Waals surface area contributed by atoms with Crippen molar-refractivity contribution in [1.82, 2.24) is 5.32 Å². The van der Waals surface area contributed by atoms with Crippen LogP contribution in [0.15, 0.2) is 77.7 Å². The van der Waals surface area contributed by atoms with Crippen molar-refractivity contribution in [3.05, 3.63) is 95.1 Å². The van der Waals surface area contributed by atoms with Crippen molar-refractivity contribution in [3.63, 3.8) is 0 Å². The zero-order chi connectivity index (χ0) is 22.6. The number of nitrogens with one attached hydrogen (secondary N) is 1. The largest absolute Gasteiger partial charge is 0.346 e. The van der Waals surface area contributed by atoms with E-state index in [0.717, 1.165) is 11.1 Å². The number of hydrogen-bond donors (Lipinski definition) is 1. The summed E-state index contributed by atoms with van der Waals surface area (Å²) in [5.74, 6) is -0.201. The molecule has 1 N–H and O–H groups in total. The third-order valence-electron chi connectivity index (χ3n) is 5.28. The normalized spacial score (nSPS) is 12.3. The standard InChI is InChI=1S/C25H28N2O3S/c1-5-27(31(29,30)23-9-7-6-8-10-23)22-14-12-21(13-15-22)25(28)26-20(4)24-16-11-18(2)17-19(24)3/h6-17,20H,5H2,1-4H3,(H,26,28). The lowest BCUT2D eigenvalue weighted by Crippen LogP contribution is -2.31. The van der Waals surface area contributed by atoms with Gasteiger partial charge in [-0.05, 0) is 75.2 Å². The maximum atomic E-state index is 13.0. The van der Waals surface area contributed by atoms with E-state index in [4.69, 9.17) is 0 Å². The number of rotatable bonds is 7. The Balaban J connectivity index is 1.77. The van der Waals surface area contributed by atoms with Crippen molar-refractivity contribution in [2.45, 2.75) is 38.6 Å². The van der Waals surface area contributed by atoms with Gasteiger partial charge in [0.15, 0.2) is 0 Å². The number of carbonyl (C=O) groups is 1. The average molecular weight is 437 g/mol. The molecule has 0 fully saturated rings. The molecule has 0 aliphatic carbocycles. The van der Waals surface area contributed by atoms with Gasteiger partial charge in [-0.2, -0.15) is 0 Å². The fourth-order valence-electron chi connectivity index (χ4n) is 3.66. The second-order valence-corrected chi connectivity index (χ2v) is 9.45. The first-order valence-electron chi connectivity index (χ1n) is 10.3. The van der Waals surface area contributed by atoms with Crippen LogP contribution in [0, 0.1) is 13.8 Å². The fraction of sp³-hybridized carbons (Fsp3) is 0.240. The van der Waals surface area contributed by atoms with Gasteiger partial charge >= 0.3 is 0 Å². The average Bonchev–Trinajstić information content (AvgIpc) is 2.75. The second-order valence-electron chi connectivity index (χ2n) is 7.58. The van der Waals surface area contributed by atoms with Crippen LogP contribution in [-0.4, -0.2) is 20.9 Å². The molecule has 0 heterocycles. The van der Waals surface area contributed by atoms with Gasteiger partial charge < -0.3 is 5.32 Å². The third-order valence-corrected chi connectivity index (χ3v) is 7.19. The summed E-state index contributed by atoms with van der Waals surface area (Å²) in [6, 6.07) is 21.0. The molecule has 0 saturated heterocycles. The molecule has 0 aliphatic heterocycles. The summed E-state index contributed by atoms with van der Waals surface area (Å²) in [6.45, 7) is 8.10. The highest BCUT2D eigenvalue weighted by molar-refractivity contribution is 7.92. The Morgan fingerprint density at radius 3 is 2.19 bits per heavy atom. The third kappa shape index (κ3) is 4.97. The molecule has 0 spiro atoms. The molecule has 1 amide bonds. The number of benzene rings is 3. The molecule has 3 rings (SSSR count). The zero-order valence-corrected chi connectivity index (χ0v) is 19.1. The van der Waals surface area contributed by atoms with E-state index in [1.54, 1.807) is 61.5 Å². The van der Waals surface area contributed by atoms with Crippen molar-refractivity contribution in [2.24, 2.45) is 0 Å². The van der Waals surface area contributed by atoms with Crippen LogP contribution in [0.3, 0.4) is 0 Å². The smallest absolute Gasteiger partial charge is 0.264 e. The molecule has 1 atom stereocenters. The molecule has 3 aromatic rings. The second kappa shape index (κ2) is 9.35. The molecule has 1 unspecified atom stereocenters. The Bertz CT molecular complexity index is 1160. The van der Waals surface area contributed by atoms with Crippen molar-refractivity contribution in [2.75, 3.05) is 10.8 Å². The van der Waals surface area contributed by atoms with Gasteiger partial charge in [0.1, 0.15) is 0 Å². The Labute approximate surface area is 184 Å². The Morgan fingerprint density at radius 2 is 1.61 bits per heavy atom. The lowest BCUT2D eigenvalue weighted by Gasteiger charge is -2.23. The van der Waals surface area contributed by atoms with Crippen molar-refractivity contribution >= 4 is 21.6 Å². The molecule has 0 aromatic heterocycles. The van der Waals surface area contributed by atoms with Crippen molar-refractivity contribution in [3.8, 4) is 0 Å². The van der Waals surface area contributed by atoms with Crippen LogP contribution in [0.25, 0.3) is 0 Å². The quantitative estimate of drug-likeness (QED) is 0.566. The van der Waals surface area contributed by atoms with Gasteiger partial charge in [0.2, 0.25) is 0 Å². The van der Waals surface area contributed by atoms with Gasteiger partial charge in [-0.3, -0.25) is 9.10 Å². The number of sulfonamides is 1. The van der Waals surface area contributed by atoms with Gasteiger partial charge in [0.25, 0.3) is 15.9 Å². The summed E-state index contributed by atoms with van der Waals surface area (Å²) in [7, 11) is -3.67. The van der Waals surface area contributed by atoms with Gasteiger partial charge in [-0.25, -0.2) is 8.42 Å². The lowest BCUT2D eigenvalue weighted by molar-refractivity contribution is 0.0940. The first-order valence-corrected chi connectivity index (χ1v) is 11.7. The highest BCUT2D eigenvalue weighted by Gasteiger charge is 2.23. The number of aryl methyl sites for hydroxylation is 2. The van der Waals surface area contributed by atoms with E-state index in [1.165, 1.54) is 9.87 Å².